The van der Waals surface area contributed by atoms with Gasteiger partial charge in [0.2, 0.25) is 10.0 Å². The number of fused-ring (bicyclic) bond motifs is 1. The lowest BCUT2D eigenvalue weighted by Crippen LogP contribution is -2.40. The van der Waals surface area contributed by atoms with Crippen molar-refractivity contribution in [1.29, 1.82) is 0 Å². The summed E-state index contributed by atoms with van der Waals surface area (Å²) in [7, 11) is -3.71. The van der Waals surface area contributed by atoms with Crippen molar-refractivity contribution in [2.24, 2.45) is 4.99 Å². The Kier molecular flexibility index (Phi) is 7.59. The summed E-state index contributed by atoms with van der Waals surface area (Å²) in [6, 6.07) is 9.57. The summed E-state index contributed by atoms with van der Waals surface area (Å²) in [4.78, 5) is 40.1. The van der Waals surface area contributed by atoms with E-state index in [2.05, 4.69) is 4.99 Å². The van der Waals surface area contributed by atoms with E-state index >= 15 is 0 Å². The molecule has 2 aromatic carbocycles. The molecule has 1 saturated heterocycles. The van der Waals surface area contributed by atoms with Crippen LogP contribution < -0.4 is 4.80 Å². The van der Waals surface area contributed by atoms with Gasteiger partial charge in [0.1, 0.15) is 6.54 Å². The Balaban J connectivity index is 1.69. The average molecular weight is 535 g/mol. The molecule has 0 spiro atoms. The van der Waals surface area contributed by atoms with E-state index in [0.717, 1.165) is 11.3 Å². The molecule has 0 N–H and O–H groups in total. The minimum absolute atomic E-state index is 0.0486. The highest BCUT2D eigenvalue weighted by molar-refractivity contribution is 7.89. The summed E-state index contributed by atoms with van der Waals surface area (Å²) in [5.41, 5.74) is 0.329. The molecule has 1 amide bonds. The molecule has 0 bridgehead atoms. The molecule has 1 aliphatic heterocycles. The second kappa shape index (κ2) is 10.7. The Morgan fingerprint density at radius 3 is 2.50 bits per heavy atom. The molecule has 2 heterocycles. The highest BCUT2D eigenvalue weighted by atomic mass is 32.2. The molecule has 0 unspecified atom stereocenters. The summed E-state index contributed by atoms with van der Waals surface area (Å²) >= 11 is 1.08. The second-order valence-electron chi connectivity index (χ2n) is 7.64. The van der Waals surface area contributed by atoms with Crippen LogP contribution in [-0.4, -0.2) is 67.0 Å². The number of thiazole rings is 1. The van der Waals surface area contributed by atoms with Crippen molar-refractivity contribution in [3.8, 4) is 0 Å². The lowest BCUT2D eigenvalue weighted by Gasteiger charge is -2.26. The average Bonchev–Trinajstić information content (AvgIpc) is 3.20. The van der Waals surface area contributed by atoms with Gasteiger partial charge in [-0.15, -0.1) is 0 Å². The van der Waals surface area contributed by atoms with E-state index in [1.165, 1.54) is 51.3 Å². The van der Waals surface area contributed by atoms with E-state index in [1.54, 1.807) is 6.92 Å². The number of nitrogens with zero attached hydrogens (tertiary/aromatic N) is 4. The van der Waals surface area contributed by atoms with Crippen molar-refractivity contribution in [2.45, 2.75) is 18.4 Å². The van der Waals surface area contributed by atoms with Crippen LogP contribution in [0.2, 0.25) is 0 Å². The number of ether oxygens (including phenoxy) is 2. The Labute approximate surface area is 209 Å². The van der Waals surface area contributed by atoms with Gasteiger partial charge in [-0.1, -0.05) is 11.3 Å². The molecular formula is C22H22N4O8S2. The number of aromatic nitrogens is 1. The minimum Gasteiger partial charge on any atom is -0.465 e. The fraction of sp³-hybridized carbons (Fsp3) is 0.318. The number of nitro groups is 1. The second-order valence-corrected chi connectivity index (χ2v) is 10.6. The first-order valence-electron chi connectivity index (χ1n) is 10.9. The number of carbonyl (C=O) groups excluding carboxylic acids is 2. The highest BCUT2D eigenvalue weighted by Crippen LogP contribution is 2.23. The van der Waals surface area contributed by atoms with E-state index in [-0.39, 0.29) is 47.2 Å². The van der Waals surface area contributed by atoms with E-state index in [1.807, 2.05) is 0 Å². The summed E-state index contributed by atoms with van der Waals surface area (Å²) in [5, 5.41) is 11.2. The first-order chi connectivity index (χ1) is 17.2. The summed E-state index contributed by atoms with van der Waals surface area (Å²) in [6.07, 6.45) is 0. The van der Waals surface area contributed by atoms with Gasteiger partial charge in [0.25, 0.3) is 11.6 Å². The van der Waals surface area contributed by atoms with Gasteiger partial charge < -0.3 is 14.0 Å². The molecule has 0 atom stereocenters. The third kappa shape index (κ3) is 5.36. The Morgan fingerprint density at radius 1 is 1.17 bits per heavy atom. The van der Waals surface area contributed by atoms with Crippen LogP contribution in [0.25, 0.3) is 10.2 Å². The van der Waals surface area contributed by atoms with Crippen molar-refractivity contribution < 1.29 is 32.4 Å². The Hall–Kier alpha value is -3.46. The number of morpholine rings is 1. The predicted octanol–water partition coefficient (Wildman–Crippen LogP) is 1.94. The zero-order chi connectivity index (χ0) is 25.9. The van der Waals surface area contributed by atoms with Crippen molar-refractivity contribution in [2.75, 3.05) is 32.9 Å². The maximum Gasteiger partial charge on any atom is 0.326 e. The SMILES string of the molecule is CCOC(=O)Cn1c(=NC(=O)c2ccc(S(=O)(=O)N3CCOCC3)cc2)sc2ccc([N+](=O)[O-])cc21. The van der Waals surface area contributed by atoms with Gasteiger partial charge >= 0.3 is 5.97 Å². The van der Waals surface area contributed by atoms with E-state index in [0.29, 0.717) is 23.4 Å². The van der Waals surface area contributed by atoms with E-state index in [9.17, 15) is 28.1 Å². The van der Waals surface area contributed by atoms with Crippen molar-refractivity contribution >= 4 is 49.1 Å². The van der Waals surface area contributed by atoms with Crippen LogP contribution in [-0.2, 0) is 30.8 Å². The lowest BCUT2D eigenvalue weighted by atomic mass is 10.2. The zero-order valence-corrected chi connectivity index (χ0v) is 20.8. The van der Waals surface area contributed by atoms with Gasteiger partial charge in [-0.05, 0) is 37.3 Å². The number of hydrogen-bond acceptors (Lipinski definition) is 9. The van der Waals surface area contributed by atoms with Gasteiger partial charge in [0.05, 0.1) is 39.9 Å². The largest absolute Gasteiger partial charge is 0.465 e. The highest BCUT2D eigenvalue weighted by Gasteiger charge is 2.26. The monoisotopic (exact) mass is 534 g/mol. The normalized spacial score (nSPS) is 15.2. The number of carbonyl (C=O) groups is 2. The summed E-state index contributed by atoms with van der Waals surface area (Å²) < 4.78 is 39.1. The first kappa shape index (κ1) is 25.6. The molecular weight excluding hydrogens is 512 g/mol. The molecule has 1 fully saturated rings. The number of rotatable bonds is 7. The number of sulfonamides is 1. The quantitative estimate of drug-likeness (QED) is 0.253. The molecule has 36 heavy (non-hydrogen) atoms. The van der Waals surface area contributed by atoms with Gasteiger partial charge in [-0.3, -0.25) is 19.7 Å². The van der Waals surface area contributed by atoms with Gasteiger partial charge in [0.15, 0.2) is 4.80 Å². The number of esters is 1. The van der Waals surface area contributed by atoms with Crippen LogP contribution in [0.4, 0.5) is 5.69 Å². The fourth-order valence-corrected chi connectivity index (χ4v) is 6.02. The van der Waals surface area contributed by atoms with Crippen LogP contribution >= 0.6 is 11.3 Å². The molecule has 12 nitrogen and oxygen atoms in total. The zero-order valence-electron chi connectivity index (χ0n) is 19.2. The summed E-state index contributed by atoms with van der Waals surface area (Å²) in [5.74, 6) is -1.25. The van der Waals surface area contributed by atoms with Crippen molar-refractivity contribution in [3.05, 3.63) is 62.9 Å². The smallest absolute Gasteiger partial charge is 0.326 e. The van der Waals surface area contributed by atoms with Gasteiger partial charge in [-0.25, -0.2) is 8.42 Å². The van der Waals surface area contributed by atoms with Crippen molar-refractivity contribution in [3.63, 3.8) is 0 Å². The number of non-ortho nitro benzene ring substituents is 1. The standard InChI is InChI=1S/C22H22N4O8S2/c1-2-34-20(27)14-25-18-13-16(26(29)30)5-8-19(18)35-22(25)23-21(28)15-3-6-17(7-4-15)36(31,32)24-9-11-33-12-10-24/h3-8,13H,2,9-12,14H2,1H3. The third-order valence-electron chi connectivity index (χ3n) is 5.38. The maximum absolute atomic E-state index is 12.9. The van der Waals surface area contributed by atoms with Crippen LogP contribution in [0.1, 0.15) is 17.3 Å². The van der Waals surface area contributed by atoms with Crippen LogP contribution in [0.15, 0.2) is 52.4 Å². The van der Waals surface area contributed by atoms with E-state index in [4.69, 9.17) is 9.47 Å². The number of benzene rings is 2. The number of amides is 1. The van der Waals surface area contributed by atoms with Crippen LogP contribution in [0.5, 0.6) is 0 Å². The number of nitro benzene ring substituents is 1. The number of hydrogen-bond donors (Lipinski definition) is 0. The van der Waals surface area contributed by atoms with Gasteiger partial charge in [0, 0.05) is 30.8 Å². The lowest BCUT2D eigenvalue weighted by molar-refractivity contribution is -0.384. The Morgan fingerprint density at radius 2 is 1.86 bits per heavy atom. The first-order valence-corrected chi connectivity index (χ1v) is 13.2. The molecule has 0 saturated carbocycles. The topological polar surface area (TPSA) is 150 Å². The predicted molar refractivity (Wildman–Crippen MR) is 129 cm³/mol. The molecule has 0 aliphatic carbocycles. The van der Waals surface area contributed by atoms with E-state index < -0.39 is 26.8 Å². The van der Waals surface area contributed by atoms with Crippen LogP contribution in [0, 0.1) is 10.1 Å². The van der Waals surface area contributed by atoms with Crippen LogP contribution in [0.3, 0.4) is 0 Å². The maximum atomic E-state index is 12.9. The molecule has 1 aliphatic rings. The molecule has 1 aromatic heterocycles. The van der Waals surface area contributed by atoms with Gasteiger partial charge in [-0.2, -0.15) is 9.30 Å². The molecule has 190 valence electrons. The molecule has 14 heteroatoms. The third-order valence-corrected chi connectivity index (χ3v) is 8.35. The Bertz CT molecular complexity index is 1490. The molecule has 3 aromatic rings. The van der Waals surface area contributed by atoms with Crippen molar-refractivity contribution in [1.82, 2.24) is 8.87 Å². The molecule has 0 radical (unpaired) electrons. The summed E-state index contributed by atoms with van der Waals surface area (Å²) in [6.45, 7) is 2.64. The fourth-order valence-electron chi connectivity index (χ4n) is 3.60. The molecule has 4 rings (SSSR count). The minimum atomic E-state index is -3.71.